The minimum atomic E-state index is -0.262. The zero-order valence-corrected chi connectivity index (χ0v) is 9.09. The SMILES string of the molecule is CCNC1CC(C)Oc2c(F)cccc21. The van der Waals surface area contributed by atoms with E-state index in [1.807, 2.05) is 13.0 Å². The molecule has 2 atom stereocenters. The van der Waals surface area contributed by atoms with Crippen molar-refractivity contribution in [2.24, 2.45) is 0 Å². The molecule has 2 unspecified atom stereocenters. The maximum absolute atomic E-state index is 13.5. The molecule has 1 aliphatic rings. The Kier molecular flexibility index (Phi) is 2.91. The molecule has 0 saturated heterocycles. The normalized spacial score (nSPS) is 24.5. The number of rotatable bonds is 2. The van der Waals surface area contributed by atoms with E-state index in [4.69, 9.17) is 4.74 Å². The average Bonchev–Trinajstić information content (AvgIpc) is 2.20. The van der Waals surface area contributed by atoms with Crippen LogP contribution in [0.15, 0.2) is 18.2 Å². The van der Waals surface area contributed by atoms with Crippen LogP contribution >= 0.6 is 0 Å². The van der Waals surface area contributed by atoms with Crippen molar-refractivity contribution in [3.63, 3.8) is 0 Å². The second-order valence-corrected chi connectivity index (χ2v) is 3.93. The number of benzene rings is 1. The van der Waals surface area contributed by atoms with Gasteiger partial charge in [0.15, 0.2) is 11.6 Å². The van der Waals surface area contributed by atoms with E-state index < -0.39 is 0 Å². The molecule has 0 bridgehead atoms. The second kappa shape index (κ2) is 4.19. The molecule has 0 aliphatic carbocycles. The third-order valence-electron chi connectivity index (χ3n) is 2.71. The van der Waals surface area contributed by atoms with Crippen molar-refractivity contribution < 1.29 is 9.13 Å². The van der Waals surface area contributed by atoms with E-state index in [0.29, 0.717) is 5.75 Å². The Labute approximate surface area is 89.4 Å². The lowest BCUT2D eigenvalue weighted by Crippen LogP contribution is -2.31. The third-order valence-corrected chi connectivity index (χ3v) is 2.71. The molecule has 2 nitrogen and oxygen atoms in total. The fourth-order valence-corrected chi connectivity index (χ4v) is 2.07. The van der Waals surface area contributed by atoms with Crippen LogP contribution in [-0.4, -0.2) is 12.6 Å². The van der Waals surface area contributed by atoms with Gasteiger partial charge in [-0.2, -0.15) is 0 Å². The Hall–Kier alpha value is -1.09. The molecule has 0 aromatic heterocycles. The molecular formula is C12H16FNO. The maximum Gasteiger partial charge on any atom is 0.165 e. The summed E-state index contributed by atoms with van der Waals surface area (Å²) in [6.45, 7) is 4.91. The highest BCUT2D eigenvalue weighted by Crippen LogP contribution is 2.36. The molecule has 3 heteroatoms. The molecule has 1 aromatic rings. The van der Waals surface area contributed by atoms with Crippen molar-refractivity contribution in [3.05, 3.63) is 29.6 Å². The van der Waals surface area contributed by atoms with E-state index in [0.717, 1.165) is 18.5 Å². The van der Waals surface area contributed by atoms with Crippen LogP contribution in [0.4, 0.5) is 4.39 Å². The Morgan fingerprint density at radius 1 is 1.53 bits per heavy atom. The molecule has 0 amide bonds. The van der Waals surface area contributed by atoms with Crippen LogP contribution in [0, 0.1) is 5.82 Å². The summed E-state index contributed by atoms with van der Waals surface area (Å²) >= 11 is 0. The maximum atomic E-state index is 13.5. The van der Waals surface area contributed by atoms with E-state index in [9.17, 15) is 4.39 Å². The number of hydrogen-bond acceptors (Lipinski definition) is 2. The van der Waals surface area contributed by atoms with E-state index in [1.54, 1.807) is 6.07 Å². The predicted octanol–water partition coefficient (Wildman–Crippen LogP) is 2.65. The molecule has 82 valence electrons. The van der Waals surface area contributed by atoms with Gasteiger partial charge in [0.2, 0.25) is 0 Å². The third kappa shape index (κ3) is 1.97. The quantitative estimate of drug-likeness (QED) is 0.808. The minimum absolute atomic E-state index is 0.0680. The highest BCUT2D eigenvalue weighted by Gasteiger charge is 2.27. The second-order valence-electron chi connectivity index (χ2n) is 3.93. The molecule has 1 aromatic carbocycles. The Morgan fingerprint density at radius 3 is 3.07 bits per heavy atom. The molecule has 1 heterocycles. The van der Waals surface area contributed by atoms with Crippen LogP contribution in [0.25, 0.3) is 0 Å². The van der Waals surface area contributed by atoms with Gasteiger partial charge in [-0.3, -0.25) is 0 Å². The van der Waals surface area contributed by atoms with Crippen molar-refractivity contribution >= 4 is 0 Å². The highest BCUT2D eigenvalue weighted by atomic mass is 19.1. The number of nitrogens with one attached hydrogen (secondary N) is 1. The Balaban J connectivity index is 2.37. The topological polar surface area (TPSA) is 21.3 Å². The fourth-order valence-electron chi connectivity index (χ4n) is 2.07. The summed E-state index contributed by atoms with van der Waals surface area (Å²) in [6.07, 6.45) is 0.961. The zero-order valence-electron chi connectivity index (χ0n) is 9.09. The van der Waals surface area contributed by atoms with Gasteiger partial charge < -0.3 is 10.1 Å². The summed E-state index contributed by atoms with van der Waals surface area (Å²) in [6, 6.07) is 5.32. The number of para-hydroxylation sites is 1. The van der Waals surface area contributed by atoms with Crippen LogP contribution in [0.2, 0.25) is 0 Å². The fraction of sp³-hybridized carbons (Fsp3) is 0.500. The number of ether oxygens (including phenoxy) is 1. The summed E-state index contributed by atoms with van der Waals surface area (Å²) in [5.41, 5.74) is 0.940. The lowest BCUT2D eigenvalue weighted by Gasteiger charge is -2.31. The molecule has 0 spiro atoms. The van der Waals surface area contributed by atoms with Crippen molar-refractivity contribution in [3.8, 4) is 5.75 Å². The lowest BCUT2D eigenvalue weighted by atomic mass is 9.97. The van der Waals surface area contributed by atoms with Crippen LogP contribution in [0.5, 0.6) is 5.75 Å². The Morgan fingerprint density at radius 2 is 2.33 bits per heavy atom. The average molecular weight is 209 g/mol. The van der Waals surface area contributed by atoms with Crippen LogP contribution < -0.4 is 10.1 Å². The van der Waals surface area contributed by atoms with Gasteiger partial charge in [0, 0.05) is 18.0 Å². The van der Waals surface area contributed by atoms with Crippen LogP contribution in [0.1, 0.15) is 31.9 Å². The summed E-state index contributed by atoms with van der Waals surface area (Å²) in [5.74, 6) is 0.157. The van der Waals surface area contributed by atoms with E-state index >= 15 is 0 Å². The molecule has 15 heavy (non-hydrogen) atoms. The summed E-state index contributed by atoms with van der Waals surface area (Å²) < 4.78 is 19.0. The van der Waals surface area contributed by atoms with Crippen molar-refractivity contribution in [2.75, 3.05) is 6.54 Å². The molecular weight excluding hydrogens is 193 g/mol. The number of fused-ring (bicyclic) bond motifs is 1. The van der Waals surface area contributed by atoms with Gasteiger partial charge in [0.25, 0.3) is 0 Å². The van der Waals surface area contributed by atoms with Gasteiger partial charge in [-0.05, 0) is 19.5 Å². The van der Waals surface area contributed by atoms with E-state index in [-0.39, 0.29) is 18.0 Å². The zero-order chi connectivity index (χ0) is 10.8. The molecule has 2 rings (SSSR count). The number of halogens is 1. The van der Waals surface area contributed by atoms with Gasteiger partial charge in [-0.25, -0.2) is 4.39 Å². The highest BCUT2D eigenvalue weighted by molar-refractivity contribution is 5.39. The first-order chi connectivity index (χ1) is 7.22. The molecule has 0 radical (unpaired) electrons. The van der Waals surface area contributed by atoms with Crippen LogP contribution in [0.3, 0.4) is 0 Å². The molecule has 1 aliphatic heterocycles. The van der Waals surface area contributed by atoms with E-state index in [2.05, 4.69) is 12.2 Å². The van der Waals surface area contributed by atoms with E-state index in [1.165, 1.54) is 6.07 Å². The largest absolute Gasteiger partial charge is 0.487 e. The van der Waals surface area contributed by atoms with Crippen molar-refractivity contribution in [1.29, 1.82) is 0 Å². The monoisotopic (exact) mass is 209 g/mol. The minimum Gasteiger partial charge on any atom is -0.487 e. The summed E-state index contributed by atoms with van der Waals surface area (Å²) in [5, 5.41) is 3.35. The van der Waals surface area contributed by atoms with Gasteiger partial charge in [-0.1, -0.05) is 19.1 Å². The first kappa shape index (κ1) is 10.4. The molecule has 0 fully saturated rings. The lowest BCUT2D eigenvalue weighted by molar-refractivity contribution is 0.159. The van der Waals surface area contributed by atoms with Gasteiger partial charge in [-0.15, -0.1) is 0 Å². The first-order valence-corrected chi connectivity index (χ1v) is 5.40. The smallest absolute Gasteiger partial charge is 0.165 e. The van der Waals surface area contributed by atoms with Crippen molar-refractivity contribution in [1.82, 2.24) is 5.32 Å². The summed E-state index contributed by atoms with van der Waals surface area (Å²) in [4.78, 5) is 0. The Bertz CT molecular complexity index is 353. The first-order valence-electron chi connectivity index (χ1n) is 5.40. The molecule has 0 saturated carbocycles. The number of hydrogen-bond donors (Lipinski definition) is 1. The van der Waals surface area contributed by atoms with Gasteiger partial charge in [0.1, 0.15) is 0 Å². The standard InChI is InChI=1S/C12H16FNO/c1-3-14-11-7-8(2)15-12-9(11)5-4-6-10(12)13/h4-6,8,11,14H,3,7H2,1-2H3. The van der Waals surface area contributed by atoms with Crippen molar-refractivity contribution in [2.45, 2.75) is 32.4 Å². The summed E-state index contributed by atoms with van der Waals surface area (Å²) in [7, 11) is 0. The molecule has 1 N–H and O–H groups in total. The van der Waals surface area contributed by atoms with Gasteiger partial charge >= 0.3 is 0 Å². The predicted molar refractivity (Wildman–Crippen MR) is 57.5 cm³/mol. The van der Waals surface area contributed by atoms with Gasteiger partial charge in [0.05, 0.1) is 6.10 Å². The van der Waals surface area contributed by atoms with Crippen LogP contribution in [-0.2, 0) is 0 Å².